The number of benzene rings is 2. The number of methoxy groups -OCH3 is 1. The number of H-pyrrole nitrogens is 1. The van der Waals surface area contributed by atoms with Crippen molar-refractivity contribution in [1.29, 1.82) is 0 Å². The van der Waals surface area contributed by atoms with Crippen molar-refractivity contribution in [2.75, 3.05) is 20.3 Å². The van der Waals surface area contributed by atoms with Crippen molar-refractivity contribution in [3.05, 3.63) is 77.0 Å². The average Bonchev–Trinajstić information content (AvgIpc) is 3.16. The minimum Gasteiger partial charge on any atom is -0.466 e. The summed E-state index contributed by atoms with van der Waals surface area (Å²) in [6.45, 7) is 4.56. The zero-order chi connectivity index (χ0) is 22.0. The van der Waals surface area contributed by atoms with E-state index in [0.717, 1.165) is 23.1 Å². The molecule has 1 aliphatic heterocycles. The van der Waals surface area contributed by atoms with Gasteiger partial charge in [0, 0.05) is 35.3 Å². The van der Waals surface area contributed by atoms with E-state index in [9.17, 15) is 9.18 Å². The van der Waals surface area contributed by atoms with Crippen molar-refractivity contribution in [3.63, 3.8) is 0 Å². The molecule has 31 heavy (non-hydrogen) atoms. The first kappa shape index (κ1) is 21.3. The summed E-state index contributed by atoms with van der Waals surface area (Å²) in [5.74, 6) is -0.405. The highest BCUT2D eigenvalue weighted by Gasteiger charge is 2.36. The number of fused-ring (bicyclic) bond motifs is 3. The quantitative estimate of drug-likeness (QED) is 0.435. The highest BCUT2D eigenvalue weighted by molar-refractivity contribution is 5.87. The molecule has 0 bridgehead atoms. The van der Waals surface area contributed by atoms with Crippen molar-refractivity contribution in [2.24, 2.45) is 5.92 Å². The van der Waals surface area contributed by atoms with Gasteiger partial charge in [0.1, 0.15) is 0 Å². The molecule has 3 atom stereocenters. The molecule has 0 fully saturated rings. The van der Waals surface area contributed by atoms with Crippen molar-refractivity contribution in [1.82, 2.24) is 9.88 Å². The third-order valence-electron chi connectivity index (χ3n) is 6.17. The summed E-state index contributed by atoms with van der Waals surface area (Å²) < 4.78 is 18.1. The maximum absolute atomic E-state index is 13.4. The fourth-order valence-electron chi connectivity index (χ4n) is 4.58. The van der Waals surface area contributed by atoms with E-state index in [1.54, 1.807) is 6.08 Å². The average molecular weight is 421 g/mol. The van der Waals surface area contributed by atoms with Gasteiger partial charge in [0.25, 0.3) is 0 Å². The van der Waals surface area contributed by atoms with Crippen LogP contribution in [0.2, 0.25) is 0 Å². The van der Waals surface area contributed by atoms with E-state index in [4.69, 9.17) is 0 Å². The van der Waals surface area contributed by atoms with Gasteiger partial charge in [-0.15, -0.1) is 0 Å². The molecular formula is C26H29FN2O2. The molecule has 5 heteroatoms. The molecule has 2 heterocycles. The molecule has 0 amide bonds. The molecule has 1 aromatic heterocycles. The van der Waals surface area contributed by atoms with Crippen LogP contribution in [0.15, 0.2) is 54.6 Å². The lowest BCUT2D eigenvalue weighted by Crippen LogP contribution is -2.45. The fourth-order valence-corrected chi connectivity index (χ4v) is 4.58. The van der Waals surface area contributed by atoms with E-state index < -0.39 is 0 Å². The lowest BCUT2D eigenvalue weighted by Gasteiger charge is -2.42. The van der Waals surface area contributed by atoms with Gasteiger partial charge in [0.15, 0.2) is 0 Å². The van der Waals surface area contributed by atoms with Gasteiger partial charge in [-0.05, 0) is 48.1 Å². The summed E-state index contributed by atoms with van der Waals surface area (Å²) in [4.78, 5) is 17.5. The number of hydrogen-bond donors (Lipinski definition) is 1. The molecular weight excluding hydrogens is 391 g/mol. The van der Waals surface area contributed by atoms with Gasteiger partial charge in [0.05, 0.1) is 19.8 Å². The Bertz CT molecular complexity index is 1090. The van der Waals surface area contributed by atoms with Crippen LogP contribution < -0.4 is 0 Å². The van der Waals surface area contributed by atoms with Gasteiger partial charge < -0.3 is 9.72 Å². The van der Waals surface area contributed by atoms with E-state index in [1.165, 1.54) is 29.8 Å². The van der Waals surface area contributed by atoms with Gasteiger partial charge in [-0.25, -0.2) is 4.79 Å². The van der Waals surface area contributed by atoms with Gasteiger partial charge in [-0.1, -0.05) is 49.4 Å². The molecule has 4 nitrogen and oxygen atoms in total. The van der Waals surface area contributed by atoms with E-state index in [0.29, 0.717) is 12.6 Å². The number of para-hydroxylation sites is 1. The molecule has 1 aliphatic rings. The molecule has 0 radical (unpaired) electrons. The van der Waals surface area contributed by atoms with E-state index >= 15 is 0 Å². The van der Waals surface area contributed by atoms with Crippen LogP contribution >= 0.6 is 0 Å². The Kier molecular flexibility index (Phi) is 6.23. The smallest absolute Gasteiger partial charge is 0.330 e. The normalized spacial score (nSPS) is 20.1. The van der Waals surface area contributed by atoms with Crippen LogP contribution in [0.5, 0.6) is 0 Å². The molecule has 0 saturated carbocycles. The number of hydrogen-bond acceptors (Lipinski definition) is 3. The number of halogens is 1. The second-order valence-electron chi connectivity index (χ2n) is 8.50. The number of aromatic nitrogens is 1. The van der Waals surface area contributed by atoms with Crippen LogP contribution in [-0.4, -0.2) is 42.2 Å². The van der Waals surface area contributed by atoms with Crippen LogP contribution in [-0.2, 0) is 16.0 Å². The number of esters is 1. The van der Waals surface area contributed by atoms with Crippen molar-refractivity contribution in [3.8, 4) is 0 Å². The highest BCUT2D eigenvalue weighted by Crippen LogP contribution is 2.41. The maximum Gasteiger partial charge on any atom is 0.330 e. The van der Waals surface area contributed by atoms with Crippen molar-refractivity contribution < 1.29 is 13.9 Å². The first-order valence-corrected chi connectivity index (χ1v) is 10.8. The van der Waals surface area contributed by atoms with Crippen molar-refractivity contribution in [2.45, 2.75) is 32.4 Å². The lowest BCUT2D eigenvalue weighted by atomic mass is 9.87. The summed E-state index contributed by atoms with van der Waals surface area (Å²) in [6, 6.07) is 17.0. The first-order chi connectivity index (χ1) is 15.0. The molecule has 0 aliphatic carbocycles. The Labute approximate surface area is 182 Å². The number of aromatic amines is 1. The maximum atomic E-state index is 13.4. The largest absolute Gasteiger partial charge is 0.466 e. The SMILES string of the molecule is COC(=O)C=Cc1ccc(C2c3[nH]c4ccccc4c3CC(C)N2CC(C)CF)cc1. The number of carbonyl (C=O) groups is 1. The number of carbonyl (C=O) groups excluding carboxylic acids is 1. The number of rotatable bonds is 6. The third kappa shape index (κ3) is 4.28. The van der Waals surface area contributed by atoms with E-state index in [2.05, 4.69) is 51.9 Å². The second-order valence-corrected chi connectivity index (χ2v) is 8.50. The summed E-state index contributed by atoms with van der Waals surface area (Å²) in [7, 11) is 1.37. The van der Waals surface area contributed by atoms with Crippen LogP contribution in [0.3, 0.4) is 0 Å². The second kappa shape index (κ2) is 9.06. The zero-order valence-electron chi connectivity index (χ0n) is 18.3. The molecule has 2 aromatic carbocycles. The highest BCUT2D eigenvalue weighted by atomic mass is 19.1. The van der Waals surface area contributed by atoms with Gasteiger partial charge in [0.2, 0.25) is 0 Å². The number of nitrogens with zero attached hydrogens (tertiary/aromatic N) is 1. The first-order valence-electron chi connectivity index (χ1n) is 10.8. The Morgan fingerprint density at radius 3 is 2.71 bits per heavy atom. The lowest BCUT2D eigenvalue weighted by molar-refractivity contribution is -0.134. The minimum atomic E-state index is -0.376. The van der Waals surface area contributed by atoms with Crippen LogP contribution in [0.25, 0.3) is 17.0 Å². The molecule has 162 valence electrons. The summed E-state index contributed by atoms with van der Waals surface area (Å²) >= 11 is 0. The Morgan fingerprint density at radius 1 is 1.26 bits per heavy atom. The number of alkyl halides is 1. The van der Waals surface area contributed by atoms with Gasteiger partial charge >= 0.3 is 5.97 Å². The topological polar surface area (TPSA) is 45.3 Å². The number of nitrogens with one attached hydrogen (secondary N) is 1. The molecule has 3 aromatic rings. The molecule has 4 rings (SSSR count). The Morgan fingerprint density at radius 2 is 2.00 bits per heavy atom. The Balaban J connectivity index is 1.76. The molecule has 0 spiro atoms. The standard InChI is InChI=1S/C26H29FN2O2/c1-17(15-27)16-29-18(2)14-22-21-6-4-5-7-23(21)28-25(22)26(29)20-11-8-19(9-12-20)10-13-24(30)31-3/h4-13,17-18,26,28H,14-16H2,1-3H3. The fraction of sp³-hybridized carbons (Fsp3) is 0.346. The predicted molar refractivity (Wildman–Crippen MR) is 123 cm³/mol. The summed E-state index contributed by atoms with van der Waals surface area (Å²) in [5.41, 5.74) is 5.78. The summed E-state index contributed by atoms with van der Waals surface area (Å²) in [6.07, 6.45) is 4.11. The van der Waals surface area contributed by atoms with Crippen LogP contribution in [0.1, 0.15) is 42.3 Å². The third-order valence-corrected chi connectivity index (χ3v) is 6.17. The number of ether oxygens (including phenoxy) is 1. The molecule has 1 N–H and O–H groups in total. The monoisotopic (exact) mass is 420 g/mol. The molecule has 3 unspecified atom stereocenters. The van der Waals surface area contributed by atoms with Crippen LogP contribution in [0.4, 0.5) is 4.39 Å². The van der Waals surface area contributed by atoms with Gasteiger partial charge in [-0.2, -0.15) is 0 Å². The minimum absolute atomic E-state index is 0.0267. The van der Waals surface area contributed by atoms with E-state index in [1.807, 2.05) is 25.1 Å². The predicted octanol–water partition coefficient (Wildman–Crippen LogP) is 5.30. The Hall–Kier alpha value is -2.92. The summed E-state index contributed by atoms with van der Waals surface area (Å²) in [5, 5.41) is 1.27. The molecule has 0 saturated heterocycles. The van der Waals surface area contributed by atoms with Crippen molar-refractivity contribution >= 4 is 22.9 Å². The van der Waals surface area contributed by atoms with Gasteiger partial charge in [-0.3, -0.25) is 9.29 Å². The zero-order valence-corrected chi connectivity index (χ0v) is 18.3. The van der Waals surface area contributed by atoms with E-state index in [-0.39, 0.29) is 24.6 Å². The van der Waals surface area contributed by atoms with Crippen LogP contribution in [0, 0.1) is 5.92 Å².